The fraction of sp³-hybridized carbons (Fsp3) is 0.562. The van der Waals surface area contributed by atoms with Crippen LogP contribution >= 0.6 is 23.5 Å². The molecule has 1 heterocycles. The van der Waals surface area contributed by atoms with Crippen LogP contribution < -0.4 is 5.32 Å². The molecule has 0 unspecified atom stereocenters. The van der Waals surface area contributed by atoms with Crippen LogP contribution in [-0.2, 0) is 0 Å². The summed E-state index contributed by atoms with van der Waals surface area (Å²) in [7, 11) is 0. The highest BCUT2D eigenvalue weighted by atomic mass is 32.2. The van der Waals surface area contributed by atoms with Crippen LogP contribution in [0.25, 0.3) is 0 Å². The molecule has 110 valence electrons. The van der Waals surface area contributed by atoms with Crippen LogP contribution in [0.2, 0.25) is 0 Å². The molecule has 0 aromatic heterocycles. The Balaban J connectivity index is 1.85. The Bertz CT molecular complexity index is 413. The van der Waals surface area contributed by atoms with Crippen LogP contribution in [0.5, 0.6) is 0 Å². The summed E-state index contributed by atoms with van der Waals surface area (Å²) < 4.78 is 0.547. The molecular formula is C16H23NOS2. The molecule has 1 amide bonds. The Morgan fingerprint density at radius 2 is 1.90 bits per heavy atom. The van der Waals surface area contributed by atoms with Crippen LogP contribution in [0.1, 0.15) is 53.1 Å². The van der Waals surface area contributed by atoms with Crippen molar-refractivity contribution in [2.24, 2.45) is 0 Å². The molecule has 1 aromatic rings. The Morgan fingerprint density at radius 1 is 1.20 bits per heavy atom. The summed E-state index contributed by atoms with van der Waals surface area (Å²) >= 11 is 4.02. The first-order chi connectivity index (χ1) is 9.81. The fourth-order valence-corrected chi connectivity index (χ4v) is 5.05. The molecule has 0 spiro atoms. The van der Waals surface area contributed by atoms with Crippen LogP contribution in [-0.4, -0.2) is 24.0 Å². The van der Waals surface area contributed by atoms with Gasteiger partial charge in [0, 0.05) is 12.1 Å². The number of amides is 1. The van der Waals surface area contributed by atoms with Crippen LogP contribution in [0.15, 0.2) is 24.3 Å². The highest BCUT2D eigenvalue weighted by molar-refractivity contribution is 8.16. The van der Waals surface area contributed by atoms with Crippen molar-refractivity contribution in [1.82, 2.24) is 5.32 Å². The standard InChI is InChI=1S/C16H23NOS2/c1-2-3-4-10-17-15(18)13-6-8-14(9-7-13)16-19-11-5-12-20-16/h6-9,16H,2-5,10-12H2,1H3,(H,17,18). The van der Waals surface area contributed by atoms with Crippen molar-refractivity contribution in [3.63, 3.8) is 0 Å². The average molecular weight is 310 g/mol. The molecule has 1 aliphatic heterocycles. The van der Waals surface area contributed by atoms with Crippen molar-refractivity contribution in [1.29, 1.82) is 0 Å². The number of nitrogens with one attached hydrogen (secondary N) is 1. The zero-order chi connectivity index (χ0) is 14.2. The predicted octanol–water partition coefficient (Wildman–Crippen LogP) is 4.48. The predicted molar refractivity (Wildman–Crippen MR) is 90.6 cm³/mol. The molecule has 1 aromatic carbocycles. The maximum atomic E-state index is 12.0. The van der Waals surface area contributed by atoms with E-state index in [1.54, 1.807) is 0 Å². The molecule has 0 saturated carbocycles. The molecule has 1 N–H and O–H groups in total. The first kappa shape index (κ1) is 15.8. The summed E-state index contributed by atoms with van der Waals surface area (Å²) in [5, 5.41) is 2.98. The summed E-state index contributed by atoms with van der Waals surface area (Å²) in [4.78, 5) is 12.0. The van der Waals surface area contributed by atoms with E-state index >= 15 is 0 Å². The lowest BCUT2D eigenvalue weighted by atomic mass is 10.1. The maximum absolute atomic E-state index is 12.0. The van der Waals surface area contributed by atoms with E-state index in [-0.39, 0.29) is 5.91 Å². The van der Waals surface area contributed by atoms with Gasteiger partial charge in [0.05, 0.1) is 4.58 Å². The molecule has 1 fully saturated rings. The van der Waals surface area contributed by atoms with Gasteiger partial charge in [-0.15, -0.1) is 23.5 Å². The minimum absolute atomic E-state index is 0.0524. The van der Waals surface area contributed by atoms with Gasteiger partial charge in [0.2, 0.25) is 0 Å². The molecule has 4 heteroatoms. The molecule has 1 saturated heterocycles. The Hall–Kier alpha value is -0.610. The second kappa shape index (κ2) is 8.63. The lowest BCUT2D eigenvalue weighted by molar-refractivity contribution is 0.0953. The van der Waals surface area contributed by atoms with E-state index in [4.69, 9.17) is 0 Å². The lowest BCUT2D eigenvalue weighted by Crippen LogP contribution is -2.24. The number of thioether (sulfide) groups is 2. The minimum atomic E-state index is 0.0524. The van der Waals surface area contributed by atoms with E-state index in [0.29, 0.717) is 4.58 Å². The van der Waals surface area contributed by atoms with Gasteiger partial charge in [-0.25, -0.2) is 0 Å². The summed E-state index contributed by atoms with van der Waals surface area (Å²) in [6.45, 7) is 2.95. The van der Waals surface area contributed by atoms with Crippen molar-refractivity contribution in [2.45, 2.75) is 37.2 Å². The zero-order valence-electron chi connectivity index (χ0n) is 12.1. The summed E-state index contributed by atoms with van der Waals surface area (Å²) in [6.07, 6.45) is 4.73. The second-order valence-electron chi connectivity index (χ2n) is 5.01. The number of carbonyl (C=O) groups excluding carboxylic acids is 1. The molecule has 0 aliphatic carbocycles. The van der Waals surface area contributed by atoms with E-state index in [1.807, 2.05) is 35.7 Å². The van der Waals surface area contributed by atoms with Crippen molar-refractivity contribution in [2.75, 3.05) is 18.1 Å². The SMILES string of the molecule is CCCCCNC(=O)c1ccc(C2SCCCS2)cc1. The van der Waals surface area contributed by atoms with Gasteiger partial charge in [-0.05, 0) is 42.0 Å². The van der Waals surface area contributed by atoms with Gasteiger partial charge in [0.25, 0.3) is 5.91 Å². The largest absolute Gasteiger partial charge is 0.352 e. The van der Waals surface area contributed by atoms with Crippen LogP contribution in [0.3, 0.4) is 0 Å². The fourth-order valence-electron chi connectivity index (χ4n) is 2.15. The number of hydrogen-bond donors (Lipinski definition) is 1. The van der Waals surface area contributed by atoms with Gasteiger partial charge in [0.1, 0.15) is 0 Å². The highest BCUT2D eigenvalue weighted by Crippen LogP contribution is 2.43. The van der Waals surface area contributed by atoms with Crippen molar-refractivity contribution in [3.8, 4) is 0 Å². The van der Waals surface area contributed by atoms with Gasteiger partial charge in [0.15, 0.2) is 0 Å². The molecule has 0 radical (unpaired) electrons. The molecule has 1 aliphatic rings. The van der Waals surface area contributed by atoms with Gasteiger partial charge >= 0.3 is 0 Å². The molecule has 2 nitrogen and oxygen atoms in total. The molecule has 20 heavy (non-hydrogen) atoms. The van der Waals surface area contributed by atoms with Crippen molar-refractivity contribution >= 4 is 29.4 Å². The number of hydrogen-bond acceptors (Lipinski definition) is 3. The third-order valence-electron chi connectivity index (χ3n) is 3.34. The maximum Gasteiger partial charge on any atom is 0.251 e. The Labute approximate surface area is 130 Å². The smallest absolute Gasteiger partial charge is 0.251 e. The monoisotopic (exact) mass is 309 g/mol. The zero-order valence-corrected chi connectivity index (χ0v) is 13.7. The topological polar surface area (TPSA) is 29.1 Å². The van der Waals surface area contributed by atoms with Crippen LogP contribution in [0.4, 0.5) is 0 Å². The molecule has 2 rings (SSSR count). The van der Waals surface area contributed by atoms with Gasteiger partial charge in [-0.1, -0.05) is 31.9 Å². The number of unbranched alkanes of at least 4 members (excludes halogenated alkanes) is 2. The van der Waals surface area contributed by atoms with E-state index in [1.165, 1.54) is 36.3 Å². The van der Waals surface area contributed by atoms with Crippen LogP contribution in [0, 0.1) is 0 Å². The highest BCUT2D eigenvalue weighted by Gasteiger charge is 2.16. The second-order valence-corrected chi connectivity index (χ2v) is 7.74. The first-order valence-corrected chi connectivity index (χ1v) is 9.52. The summed E-state index contributed by atoms with van der Waals surface area (Å²) in [5.74, 6) is 2.55. The van der Waals surface area contributed by atoms with Crippen molar-refractivity contribution < 1.29 is 4.79 Å². The lowest BCUT2D eigenvalue weighted by Gasteiger charge is -2.21. The van der Waals surface area contributed by atoms with E-state index in [9.17, 15) is 4.79 Å². The van der Waals surface area contributed by atoms with E-state index in [2.05, 4.69) is 24.4 Å². The van der Waals surface area contributed by atoms with Crippen molar-refractivity contribution in [3.05, 3.63) is 35.4 Å². The first-order valence-electron chi connectivity index (χ1n) is 7.42. The quantitative estimate of drug-likeness (QED) is 0.786. The van der Waals surface area contributed by atoms with Gasteiger partial charge in [-0.2, -0.15) is 0 Å². The minimum Gasteiger partial charge on any atom is -0.352 e. The Kier molecular flexibility index (Phi) is 6.80. The summed E-state index contributed by atoms with van der Waals surface area (Å²) in [6, 6.07) is 8.13. The molecule has 0 bridgehead atoms. The van der Waals surface area contributed by atoms with E-state index in [0.717, 1.165) is 18.5 Å². The Morgan fingerprint density at radius 3 is 2.55 bits per heavy atom. The normalized spacial score (nSPS) is 16.1. The molecule has 0 atom stereocenters. The third kappa shape index (κ3) is 4.74. The molecular weight excluding hydrogens is 286 g/mol. The van der Waals surface area contributed by atoms with E-state index < -0.39 is 0 Å². The average Bonchev–Trinajstić information content (AvgIpc) is 2.52. The van der Waals surface area contributed by atoms with Gasteiger partial charge in [-0.3, -0.25) is 4.79 Å². The number of benzene rings is 1. The third-order valence-corrected chi connectivity index (χ3v) is 6.35. The van der Waals surface area contributed by atoms with Gasteiger partial charge < -0.3 is 5.32 Å². The number of carbonyl (C=O) groups is 1. The number of rotatable bonds is 6. The summed E-state index contributed by atoms with van der Waals surface area (Å²) in [5.41, 5.74) is 2.11.